The minimum Gasteiger partial charge on any atom is -0.385 e. The van der Waals surface area contributed by atoms with Gasteiger partial charge in [-0.2, -0.15) is 0 Å². The highest BCUT2D eigenvalue weighted by Crippen LogP contribution is 2.20. The molecule has 3 rings (SSSR count). The fourth-order valence-electron chi connectivity index (χ4n) is 2.88. The number of aromatic nitrogens is 3. The van der Waals surface area contributed by atoms with Crippen LogP contribution in [0.15, 0.2) is 23.5 Å². The number of nitrogens with one attached hydrogen (secondary N) is 2. The maximum Gasteiger partial charge on any atom is 0.111 e. The van der Waals surface area contributed by atoms with Crippen LogP contribution >= 0.6 is 0 Å². The number of aryl methyl sites for hydroxylation is 1. The zero-order chi connectivity index (χ0) is 16.4. The summed E-state index contributed by atoms with van der Waals surface area (Å²) in [6, 6.07) is 2.17. The average Bonchev–Trinajstić information content (AvgIpc) is 3.10. The van der Waals surface area contributed by atoms with Gasteiger partial charge in [-0.15, -0.1) is 0 Å². The molecule has 0 aliphatic carbocycles. The number of anilines is 1. The lowest BCUT2D eigenvalue weighted by Gasteiger charge is -2.20. The van der Waals surface area contributed by atoms with E-state index in [4.69, 9.17) is 10.7 Å². The fourth-order valence-corrected chi connectivity index (χ4v) is 3.23. The van der Waals surface area contributed by atoms with E-state index >= 15 is 0 Å². The van der Waals surface area contributed by atoms with Crippen molar-refractivity contribution in [2.75, 3.05) is 12.0 Å². The van der Waals surface area contributed by atoms with Crippen LogP contribution < -0.4 is 10.5 Å². The first-order chi connectivity index (χ1) is 11.0. The second-order valence-corrected chi connectivity index (χ2v) is 6.98. The van der Waals surface area contributed by atoms with Gasteiger partial charge in [0.1, 0.15) is 11.6 Å². The van der Waals surface area contributed by atoms with Crippen LogP contribution in [0, 0.1) is 0 Å². The number of nitrogen functional groups attached to an aromatic ring is 1. The number of aliphatic imine (C=N–C) groups is 1. The lowest BCUT2D eigenvalue weighted by atomic mass is 10.1. The highest BCUT2D eigenvalue weighted by Gasteiger charge is 2.20. The minimum atomic E-state index is -1.02. The van der Waals surface area contributed by atoms with Gasteiger partial charge in [0.25, 0.3) is 0 Å². The summed E-state index contributed by atoms with van der Waals surface area (Å²) in [5.74, 6) is 1.70. The number of rotatable bonds is 5. The molecule has 0 radical (unpaired) electrons. The Kier molecular flexibility index (Phi) is 4.63. The van der Waals surface area contributed by atoms with Gasteiger partial charge in [0.2, 0.25) is 0 Å². The van der Waals surface area contributed by atoms with E-state index in [1.54, 1.807) is 6.26 Å². The van der Waals surface area contributed by atoms with Crippen molar-refractivity contribution in [3.63, 3.8) is 0 Å². The monoisotopic (exact) mass is 334 g/mol. The number of imidazole rings is 1. The predicted molar refractivity (Wildman–Crippen MR) is 92.7 cm³/mol. The summed E-state index contributed by atoms with van der Waals surface area (Å²) in [6.45, 7) is 3.42. The van der Waals surface area contributed by atoms with Gasteiger partial charge in [-0.25, -0.2) is 13.9 Å². The second kappa shape index (κ2) is 6.67. The molecule has 0 bridgehead atoms. The number of H-pyrrole nitrogens is 1. The van der Waals surface area contributed by atoms with Gasteiger partial charge in [0.05, 0.1) is 29.3 Å². The van der Waals surface area contributed by atoms with Crippen molar-refractivity contribution in [3.8, 4) is 0 Å². The Hall–Kier alpha value is -1.93. The van der Waals surface area contributed by atoms with Gasteiger partial charge in [-0.05, 0) is 19.4 Å². The molecule has 0 amide bonds. The molecule has 2 unspecified atom stereocenters. The Labute approximate surface area is 138 Å². The molecular weight excluding hydrogens is 312 g/mol. The summed E-state index contributed by atoms with van der Waals surface area (Å²) in [6.07, 6.45) is 7.28. The van der Waals surface area contributed by atoms with Crippen LogP contribution in [-0.2, 0) is 30.5 Å². The smallest absolute Gasteiger partial charge is 0.111 e. The molecule has 0 fully saturated rings. The number of hydrogen-bond acceptors (Lipinski definition) is 4. The zero-order valence-corrected chi connectivity index (χ0v) is 14.2. The van der Waals surface area contributed by atoms with Gasteiger partial charge in [-0.1, -0.05) is 0 Å². The highest BCUT2D eigenvalue weighted by atomic mass is 32.2. The number of fused-ring (bicyclic) bond motifs is 1. The molecule has 8 heteroatoms. The van der Waals surface area contributed by atoms with Crippen LogP contribution in [0.1, 0.15) is 30.4 Å². The standard InChI is InChI=1S/C15H22N6OS/c1-10(13-3-5-17-15(13)16)19-11-4-6-21-9-12(8-18-23(2)22)20-14(21)7-11/h3,5,9,11,17-18H,4,6-8,16H2,1-2H3. The van der Waals surface area contributed by atoms with Crippen LogP contribution in [0.3, 0.4) is 0 Å². The van der Waals surface area contributed by atoms with E-state index in [-0.39, 0.29) is 6.04 Å². The Morgan fingerprint density at radius 2 is 2.48 bits per heavy atom. The highest BCUT2D eigenvalue weighted by molar-refractivity contribution is 7.82. The molecule has 0 aromatic carbocycles. The zero-order valence-electron chi connectivity index (χ0n) is 13.4. The van der Waals surface area contributed by atoms with E-state index in [2.05, 4.69) is 19.3 Å². The van der Waals surface area contributed by atoms with Crippen molar-refractivity contribution in [2.24, 2.45) is 4.99 Å². The third-order valence-corrected chi connectivity index (χ3v) is 4.58. The first kappa shape index (κ1) is 15.9. The molecule has 0 spiro atoms. The van der Waals surface area contributed by atoms with E-state index in [1.165, 1.54) is 0 Å². The third-order valence-electron chi connectivity index (χ3n) is 4.03. The first-order valence-corrected chi connectivity index (χ1v) is 9.18. The number of nitrogens with zero attached hydrogens (tertiary/aromatic N) is 3. The van der Waals surface area contributed by atoms with E-state index in [0.717, 1.165) is 42.2 Å². The molecule has 3 heterocycles. The van der Waals surface area contributed by atoms with E-state index in [9.17, 15) is 4.21 Å². The Balaban J connectivity index is 1.70. The summed E-state index contributed by atoms with van der Waals surface area (Å²) in [7, 11) is -1.02. The Morgan fingerprint density at radius 1 is 1.65 bits per heavy atom. The predicted octanol–water partition coefficient (Wildman–Crippen LogP) is 1.00. The summed E-state index contributed by atoms with van der Waals surface area (Å²) in [5, 5.41) is 0. The summed E-state index contributed by atoms with van der Waals surface area (Å²) < 4.78 is 16.2. The van der Waals surface area contributed by atoms with E-state index in [1.807, 2.05) is 25.4 Å². The average molecular weight is 334 g/mol. The molecule has 23 heavy (non-hydrogen) atoms. The molecule has 0 saturated carbocycles. The fraction of sp³-hybridized carbons (Fsp3) is 0.467. The summed E-state index contributed by atoms with van der Waals surface area (Å²) >= 11 is 0. The van der Waals surface area contributed by atoms with Gasteiger partial charge >= 0.3 is 0 Å². The van der Waals surface area contributed by atoms with Gasteiger partial charge in [0.15, 0.2) is 0 Å². The lowest BCUT2D eigenvalue weighted by Crippen LogP contribution is -2.23. The van der Waals surface area contributed by atoms with Crippen LogP contribution in [-0.4, -0.2) is 36.8 Å². The van der Waals surface area contributed by atoms with Gasteiger partial charge < -0.3 is 15.3 Å². The maximum absolute atomic E-state index is 11.1. The molecule has 4 N–H and O–H groups in total. The van der Waals surface area contributed by atoms with Crippen molar-refractivity contribution in [2.45, 2.75) is 38.9 Å². The van der Waals surface area contributed by atoms with Crippen LogP contribution in [0.25, 0.3) is 0 Å². The molecular formula is C15H22N6OS. The van der Waals surface area contributed by atoms with Crippen LogP contribution in [0.4, 0.5) is 5.82 Å². The van der Waals surface area contributed by atoms with E-state index in [0.29, 0.717) is 12.4 Å². The summed E-state index contributed by atoms with van der Waals surface area (Å²) in [4.78, 5) is 12.4. The number of hydrogen-bond donors (Lipinski definition) is 3. The molecule has 2 aromatic heterocycles. The number of aromatic amines is 1. The first-order valence-electron chi connectivity index (χ1n) is 7.62. The second-order valence-electron chi connectivity index (χ2n) is 5.78. The topological polar surface area (TPSA) is 101 Å². The van der Waals surface area contributed by atoms with Crippen LogP contribution in [0.5, 0.6) is 0 Å². The quantitative estimate of drug-likeness (QED) is 0.711. The molecule has 2 atom stereocenters. The van der Waals surface area contributed by atoms with Crippen molar-refractivity contribution < 1.29 is 4.21 Å². The molecule has 2 aromatic rings. The van der Waals surface area contributed by atoms with E-state index < -0.39 is 11.0 Å². The molecule has 0 saturated heterocycles. The maximum atomic E-state index is 11.1. The van der Waals surface area contributed by atoms with Gasteiger partial charge in [0, 0.05) is 42.9 Å². The van der Waals surface area contributed by atoms with Crippen molar-refractivity contribution >= 4 is 22.5 Å². The van der Waals surface area contributed by atoms with Crippen molar-refractivity contribution in [1.82, 2.24) is 19.3 Å². The third kappa shape index (κ3) is 3.70. The largest absolute Gasteiger partial charge is 0.385 e. The Morgan fingerprint density at radius 3 is 3.17 bits per heavy atom. The molecule has 1 aliphatic heterocycles. The molecule has 1 aliphatic rings. The van der Waals surface area contributed by atoms with Crippen molar-refractivity contribution in [3.05, 3.63) is 35.5 Å². The van der Waals surface area contributed by atoms with Gasteiger partial charge in [-0.3, -0.25) is 4.99 Å². The summed E-state index contributed by atoms with van der Waals surface area (Å²) in [5.41, 5.74) is 8.74. The minimum absolute atomic E-state index is 0.223. The lowest BCUT2D eigenvalue weighted by molar-refractivity contribution is 0.465. The normalized spacial score (nSPS) is 19.6. The molecule has 124 valence electrons. The Bertz CT molecular complexity index is 747. The van der Waals surface area contributed by atoms with Crippen molar-refractivity contribution in [1.29, 1.82) is 0 Å². The SMILES string of the molecule is CC(=NC1CCn2cc(CNS(C)=O)nc2C1)c1cc[nH]c1N. The van der Waals surface area contributed by atoms with Crippen LogP contribution in [0.2, 0.25) is 0 Å². The molecule has 7 nitrogen and oxygen atoms in total. The number of nitrogens with two attached hydrogens (primary N) is 1.